The van der Waals surface area contributed by atoms with Crippen molar-refractivity contribution in [2.24, 2.45) is 0 Å². The maximum atomic E-state index is 12.3. The van der Waals surface area contributed by atoms with Crippen LogP contribution < -0.4 is 4.90 Å². The Bertz CT molecular complexity index is 636. The highest BCUT2D eigenvalue weighted by Gasteiger charge is 2.36. The van der Waals surface area contributed by atoms with E-state index in [0.29, 0.717) is 10.6 Å². The molecule has 1 aliphatic rings. The Morgan fingerprint density at radius 2 is 2.05 bits per heavy atom. The van der Waals surface area contributed by atoms with Gasteiger partial charge in [-0.15, -0.1) is 0 Å². The van der Waals surface area contributed by atoms with Gasteiger partial charge in [0.15, 0.2) is 9.84 Å². The molecule has 19 heavy (non-hydrogen) atoms. The highest BCUT2D eigenvalue weighted by molar-refractivity contribution is 7.91. The molecule has 6 heteroatoms. The number of aryl methyl sites for hydroxylation is 2. The van der Waals surface area contributed by atoms with Crippen molar-refractivity contribution in [2.45, 2.75) is 31.2 Å². The number of benzene rings is 1. The van der Waals surface area contributed by atoms with Crippen LogP contribution in [-0.4, -0.2) is 38.3 Å². The first-order valence-corrected chi connectivity index (χ1v) is 7.66. The quantitative estimate of drug-likeness (QED) is 0.887. The lowest BCUT2D eigenvalue weighted by molar-refractivity contribution is -0.137. The summed E-state index contributed by atoms with van der Waals surface area (Å²) in [6, 6.07) is 3.12. The molecule has 1 unspecified atom stereocenters. The zero-order valence-electron chi connectivity index (χ0n) is 11.2. The second kappa shape index (κ2) is 4.52. The number of carbonyl (C=O) groups is 1. The Balaban J connectivity index is 2.60. The lowest BCUT2D eigenvalue weighted by Crippen LogP contribution is -2.44. The molecule has 0 amide bonds. The Kier molecular flexibility index (Phi) is 3.30. The Hall–Kier alpha value is -1.56. The first-order chi connectivity index (χ1) is 8.72. The number of hydrogen-bond acceptors (Lipinski definition) is 4. The van der Waals surface area contributed by atoms with Crippen molar-refractivity contribution < 1.29 is 18.3 Å². The summed E-state index contributed by atoms with van der Waals surface area (Å²) in [4.78, 5) is 13.0. The highest BCUT2D eigenvalue weighted by atomic mass is 32.2. The molecule has 0 fully saturated rings. The van der Waals surface area contributed by atoms with Gasteiger partial charge in [-0.05, 0) is 31.0 Å². The summed E-state index contributed by atoms with van der Waals surface area (Å²) in [6.45, 7) is 3.67. The van der Waals surface area contributed by atoms with Crippen LogP contribution >= 0.6 is 0 Å². The summed E-state index contributed by atoms with van der Waals surface area (Å²) in [6.07, 6.45) is -0.178. The van der Waals surface area contributed by atoms with E-state index in [0.717, 1.165) is 11.1 Å². The van der Waals surface area contributed by atoms with Gasteiger partial charge in [-0.1, -0.05) is 6.07 Å². The molecule has 0 saturated carbocycles. The molecule has 1 aromatic carbocycles. The topological polar surface area (TPSA) is 74.7 Å². The molecule has 0 bridgehead atoms. The largest absolute Gasteiger partial charge is 0.481 e. The van der Waals surface area contributed by atoms with Gasteiger partial charge in [-0.2, -0.15) is 0 Å². The van der Waals surface area contributed by atoms with Crippen LogP contribution in [0, 0.1) is 13.8 Å². The molecule has 104 valence electrons. The minimum absolute atomic E-state index is 0.146. The molecule has 5 nitrogen and oxygen atoms in total. The maximum Gasteiger partial charge on any atom is 0.305 e. The minimum Gasteiger partial charge on any atom is -0.481 e. The number of fused-ring (bicyclic) bond motifs is 1. The lowest BCUT2D eigenvalue weighted by Gasteiger charge is -2.35. The van der Waals surface area contributed by atoms with Gasteiger partial charge in [0.1, 0.15) is 0 Å². The number of nitrogens with zero attached hydrogens (tertiary/aromatic N) is 1. The Morgan fingerprint density at radius 1 is 1.42 bits per heavy atom. The molecule has 1 N–H and O–H groups in total. The predicted molar refractivity (Wildman–Crippen MR) is 72.4 cm³/mol. The van der Waals surface area contributed by atoms with Crippen LogP contribution in [0.5, 0.6) is 0 Å². The third-order valence-corrected chi connectivity index (χ3v) is 5.44. The second-order valence-electron chi connectivity index (χ2n) is 5.07. The third-order valence-electron chi connectivity index (χ3n) is 3.46. The van der Waals surface area contributed by atoms with Gasteiger partial charge in [0.25, 0.3) is 0 Å². The van der Waals surface area contributed by atoms with Gasteiger partial charge in [-0.3, -0.25) is 4.79 Å². The smallest absolute Gasteiger partial charge is 0.305 e. The number of rotatable bonds is 2. The van der Waals surface area contributed by atoms with E-state index >= 15 is 0 Å². The molecule has 0 aromatic heterocycles. The van der Waals surface area contributed by atoms with Crippen LogP contribution in [0.3, 0.4) is 0 Å². The summed E-state index contributed by atoms with van der Waals surface area (Å²) in [5.41, 5.74) is 2.29. The van der Waals surface area contributed by atoms with Gasteiger partial charge in [-0.25, -0.2) is 8.42 Å². The van der Waals surface area contributed by atoms with E-state index in [4.69, 9.17) is 5.11 Å². The number of sulfone groups is 1. The maximum absolute atomic E-state index is 12.3. The van der Waals surface area contributed by atoms with Crippen LogP contribution in [0.15, 0.2) is 17.0 Å². The molecule has 0 aliphatic carbocycles. The van der Waals surface area contributed by atoms with E-state index in [-0.39, 0.29) is 12.2 Å². The van der Waals surface area contributed by atoms with Gasteiger partial charge >= 0.3 is 5.97 Å². The summed E-state index contributed by atoms with van der Waals surface area (Å²) in [5.74, 6) is -1.13. The average Bonchev–Trinajstić information content (AvgIpc) is 2.22. The summed E-state index contributed by atoms with van der Waals surface area (Å²) >= 11 is 0. The second-order valence-corrected chi connectivity index (χ2v) is 7.05. The van der Waals surface area contributed by atoms with Crippen LogP contribution in [0.4, 0.5) is 5.69 Å². The molecule has 0 saturated heterocycles. The number of hydrogen-bond donors (Lipinski definition) is 1. The molecule has 0 spiro atoms. The first kappa shape index (κ1) is 13.9. The van der Waals surface area contributed by atoms with E-state index in [2.05, 4.69) is 0 Å². The van der Waals surface area contributed by atoms with Gasteiger partial charge in [0.05, 0.1) is 28.8 Å². The van der Waals surface area contributed by atoms with Crippen molar-refractivity contribution >= 4 is 21.5 Å². The molecule has 1 aromatic rings. The van der Waals surface area contributed by atoms with E-state index in [9.17, 15) is 13.2 Å². The number of carboxylic acids is 1. The molecule has 1 heterocycles. The van der Waals surface area contributed by atoms with Crippen LogP contribution in [0.2, 0.25) is 0 Å². The predicted octanol–water partition coefficient (Wildman–Crippen LogP) is 1.37. The monoisotopic (exact) mass is 283 g/mol. The number of anilines is 1. The average molecular weight is 283 g/mol. The number of carboxylic acid groups (broad SMARTS) is 1. The van der Waals surface area contributed by atoms with E-state index in [1.165, 1.54) is 0 Å². The minimum atomic E-state index is -3.42. The molecular weight excluding hydrogens is 266 g/mol. The fourth-order valence-electron chi connectivity index (χ4n) is 2.64. The Morgan fingerprint density at radius 3 is 2.63 bits per heavy atom. The van der Waals surface area contributed by atoms with Gasteiger partial charge < -0.3 is 10.0 Å². The van der Waals surface area contributed by atoms with E-state index in [1.54, 1.807) is 24.9 Å². The SMILES string of the molecule is Cc1cc(C)c2c(c1)N(C)C(CC(=O)O)CS2(=O)=O. The van der Waals surface area contributed by atoms with Crippen molar-refractivity contribution in [1.82, 2.24) is 0 Å². The van der Waals surface area contributed by atoms with Crippen molar-refractivity contribution in [1.29, 1.82) is 0 Å². The van der Waals surface area contributed by atoms with Crippen molar-refractivity contribution in [3.8, 4) is 0 Å². The lowest BCUT2D eigenvalue weighted by atomic mass is 10.1. The van der Waals surface area contributed by atoms with Crippen LogP contribution in [-0.2, 0) is 14.6 Å². The molecule has 1 aliphatic heterocycles. The van der Waals surface area contributed by atoms with Crippen molar-refractivity contribution in [2.75, 3.05) is 17.7 Å². The van der Waals surface area contributed by atoms with Crippen molar-refractivity contribution in [3.05, 3.63) is 23.3 Å². The molecular formula is C13H17NO4S. The first-order valence-electron chi connectivity index (χ1n) is 6.01. The zero-order chi connectivity index (χ0) is 14.4. The summed E-state index contributed by atoms with van der Waals surface area (Å²) in [5, 5.41) is 8.89. The summed E-state index contributed by atoms with van der Waals surface area (Å²) < 4.78 is 24.6. The molecule has 1 atom stereocenters. The normalized spacial score (nSPS) is 21.0. The fraction of sp³-hybridized carbons (Fsp3) is 0.462. The van der Waals surface area contributed by atoms with E-state index < -0.39 is 21.8 Å². The van der Waals surface area contributed by atoms with Crippen molar-refractivity contribution in [3.63, 3.8) is 0 Å². The third kappa shape index (κ3) is 2.45. The molecule has 2 rings (SSSR count). The highest BCUT2D eigenvalue weighted by Crippen LogP contribution is 2.36. The number of aliphatic carboxylic acids is 1. The van der Waals surface area contributed by atoms with Gasteiger partial charge in [0, 0.05) is 7.05 Å². The van der Waals surface area contributed by atoms with Crippen LogP contribution in [0.25, 0.3) is 0 Å². The molecule has 0 radical (unpaired) electrons. The van der Waals surface area contributed by atoms with E-state index in [1.807, 2.05) is 13.0 Å². The Labute approximate surface area is 112 Å². The standard InChI is InChI=1S/C13H17NO4S/c1-8-4-9(2)13-11(5-8)14(3)10(6-12(15)16)7-19(13,17)18/h4-5,10H,6-7H2,1-3H3,(H,15,16). The van der Waals surface area contributed by atoms with Gasteiger partial charge in [0.2, 0.25) is 0 Å². The van der Waals surface area contributed by atoms with Crippen LogP contribution in [0.1, 0.15) is 17.5 Å². The fourth-order valence-corrected chi connectivity index (χ4v) is 4.73. The summed E-state index contributed by atoms with van der Waals surface area (Å²) in [7, 11) is -1.67. The zero-order valence-corrected chi connectivity index (χ0v) is 12.0.